The SMILES string of the molecule is CN(Cc1ccccc1)CC1CCN(C(=O)c2coc(CN)c2)CC1. The van der Waals surface area contributed by atoms with Crippen molar-refractivity contribution in [1.82, 2.24) is 9.80 Å². The Kier molecular flexibility index (Phi) is 5.89. The number of benzene rings is 1. The molecule has 1 aliphatic rings. The van der Waals surface area contributed by atoms with Gasteiger partial charge in [0.15, 0.2) is 0 Å². The summed E-state index contributed by atoms with van der Waals surface area (Å²) >= 11 is 0. The van der Waals surface area contributed by atoms with Gasteiger partial charge in [0, 0.05) is 26.2 Å². The molecule has 5 nitrogen and oxygen atoms in total. The fraction of sp³-hybridized carbons (Fsp3) is 0.450. The largest absolute Gasteiger partial charge is 0.467 e. The van der Waals surface area contributed by atoms with E-state index in [2.05, 4.69) is 36.2 Å². The number of nitrogens with two attached hydrogens (primary N) is 1. The van der Waals surface area contributed by atoms with Gasteiger partial charge < -0.3 is 20.0 Å². The Morgan fingerprint density at radius 1 is 1.28 bits per heavy atom. The third kappa shape index (κ3) is 4.71. The summed E-state index contributed by atoms with van der Waals surface area (Å²) in [5.41, 5.74) is 7.49. The number of carbonyl (C=O) groups excluding carboxylic acids is 1. The summed E-state index contributed by atoms with van der Waals surface area (Å²) in [6, 6.07) is 12.3. The van der Waals surface area contributed by atoms with E-state index in [-0.39, 0.29) is 5.91 Å². The third-order valence-corrected chi connectivity index (χ3v) is 4.87. The molecule has 0 unspecified atom stereocenters. The number of piperidine rings is 1. The Labute approximate surface area is 149 Å². The van der Waals surface area contributed by atoms with Crippen molar-refractivity contribution < 1.29 is 9.21 Å². The first-order chi connectivity index (χ1) is 12.2. The van der Waals surface area contributed by atoms with Crippen LogP contribution < -0.4 is 5.73 Å². The molecule has 2 aromatic rings. The van der Waals surface area contributed by atoms with Crippen LogP contribution in [0.15, 0.2) is 47.1 Å². The van der Waals surface area contributed by atoms with Crippen LogP contribution in [0.3, 0.4) is 0 Å². The lowest BCUT2D eigenvalue weighted by Gasteiger charge is -2.33. The van der Waals surface area contributed by atoms with E-state index in [0.29, 0.717) is 23.8 Å². The second kappa shape index (κ2) is 8.32. The lowest BCUT2D eigenvalue weighted by atomic mass is 9.95. The molecule has 0 spiro atoms. The minimum absolute atomic E-state index is 0.0551. The summed E-state index contributed by atoms with van der Waals surface area (Å²) in [5.74, 6) is 1.35. The fourth-order valence-electron chi connectivity index (χ4n) is 3.50. The lowest BCUT2D eigenvalue weighted by Crippen LogP contribution is -2.40. The van der Waals surface area contributed by atoms with Gasteiger partial charge in [-0.05, 0) is 37.4 Å². The number of nitrogens with zero attached hydrogens (tertiary/aromatic N) is 2. The highest BCUT2D eigenvalue weighted by atomic mass is 16.3. The third-order valence-electron chi connectivity index (χ3n) is 4.87. The summed E-state index contributed by atoms with van der Waals surface area (Å²) in [5, 5.41) is 0. The topological polar surface area (TPSA) is 62.7 Å². The Morgan fingerprint density at radius 2 is 2.00 bits per heavy atom. The van der Waals surface area contributed by atoms with Gasteiger partial charge in [0.05, 0.1) is 12.1 Å². The molecule has 5 heteroatoms. The fourth-order valence-corrected chi connectivity index (χ4v) is 3.50. The van der Waals surface area contributed by atoms with Crippen LogP contribution in [-0.4, -0.2) is 42.4 Å². The summed E-state index contributed by atoms with van der Waals surface area (Å²) < 4.78 is 5.28. The van der Waals surface area contributed by atoms with Gasteiger partial charge in [-0.1, -0.05) is 30.3 Å². The average Bonchev–Trinajstić information content (AvgIpc) is 3.12. The highest BCUT2D eigenvalue weighted by Gasteiger charge is 2.25. The second-order valence-electron chi connectivity index (χ2n) is 6.92. The quantitative estimate of drug-likeness (QED) is 0.877. The number of carbonyl (C=O) groups is 1. The van der Waals surface area contributed by atoms with Crippen molar-refractivity contribution in [2.24, 2.45) is 11.7 Å². The first kappa shape index (κ1) is 17.7. The predicted octanol–water partition coefficient (Wildman–Crippen LogP) is 2.72. The van der Waals surface area contributed by atoms with Crippen molar-refractivity contribution in [3.63, 3.8) is 0 Å². The van der Waals surface area contributed by atoms with Gasteiger partial charge in [-0.3, -0.25) is 4.79 Å². The highest BCUT2D eigenvalue weighted by Crippen LogP contribution is 2.21. The molecule has 0 atom stereocenters. The molecule has 1 aliphatic heterocycles. The maximum Gasteiger partial charge on any atom is 0.257 e. The summed E-state index contributed by atoms with van der Waals surface area (Å²) in [7, 11) is 2.17. The Morgan fingerprint density at radius 3 is 2.64 bits per heavy atom. The molecule has 0 radical (unpaired) electrons. The van der Waals surface area contributed by atoms with E-state index in [0.717, 1.165) is 39.0 Å². The second-order valence-corrected chi connectivity index (χ2v) is 6.92. The molecule has 1 fully saturated rings. The first-order valence-electron chi connectivity index (χ1n) is 8.95. The smallest absolute Gasteiger partial charge is 0.257 e. The summed E-state index contributed by atoms with van der Waals surface area (Å²) in [4.78, 5) is 16.8. The van der Waals surface area contributed by atoms with Crippen LogP contribution in [-0.2, 0) is 13.1 Å². The molecule has 3 rings (SSSR count). The molecule has 25 heavy (non-hydrogen) atoms. The van der Waals surface area contributed by atoms with Crippen molar-refractivity contribution in [2.45, 2.75) is 25.9 Å². The van der Waals surface area contributed by atoms with E-state index in [4.69, 9.17) is 10.2 Å². The van der Waals surface area contributed by atoms with Gasteiger partial charge in [0.2, 0.25) is 0 Å². The Hall–Kier alpha value is -2.11. The molecule has 0 saturated carbocycles. The van der Waals surface area contributed by atoms with Crippen LogP contribution in [0.2, 0.25) is 0 Å². The molecule has 1 saturated heterocycles. The number of furan rings is 1. The van der Waals surface area contributed by atoms with Crippen LogP contribution in [0.5, 0.6) is 0 Å². The molecular weight excluding hydrogens is 314 g/mol. The minimum atomic E-state index is 0.0551. The van der Waals surface area contributed by atoms with E-state index in [1.807, 2.05) is 11.0 Å². The predicted molar refractivity (Wildman–Crippen MR) is 98.0 cm³/mol. The van der Waals surface area contributed by atoms with Gasteiger partial charge in [0.25, 0.3) is 5.91 Å². The Balaban J connectivity index is 1.46. The minimum Gasteiger partial charge on any atom is -0.467 e. The van der Waals surface area contributed by atoms with Gasteiger partial charge in [-0.2, -0.15) is 0 Å². The van der Waals surface area contributed by atoms with Crippen molar-refractivity contribution in [3.05, 3.63) is 59.5 Å². The van der Waals surface area contributed by atoms with Crippen LogP contribution in [0.4, 0.5) is 0 Å². The maximum atomic E-state index is 12.5. The molecular formula is C20H27N3O2. The molecule has 1 aromatic carbocycles. The highest BCUT2D eigenvalue weighted by molar-refractivity contribution is 5.94. The zero-order valence-electron chi connectivity index (χ0n) is 14.9. The van der Waals surface area contributed by atoms with Crippen LogP contribution >= 0.6 is 0 Å². The molecule has 1 amide bonds. The number of likely N-dealkylation sites (tertiary alicyclic amines) is 1. The van der Waals surface area contributed by atoms with Crippen LogP contribution in [0.25, 0.3) is 0 Å². The molecule has 0 bridgehead atoms. The van der Waals surface area contributed by atoms with E-state index >= 15 is 0 Å². The van der Waals surface area contributed by atoms with Gasteiger partial charge >= 0.3 is 0 Å². The standard InChI is InChI=1S/C20H27N3O2/c1-22(13-16-5-3-2-4-6-16)14-17-7-9-23(10-8-17)20(24)18-11-19(12-21)25-15-18/h2-6,11,15,17H,7-10,12-14,21H2,1H3. The zero-order valence-corrected chi connectivity index (χ0v) is 14.9. The van der Waals surface area contributed by atoms with Gasteiger partial charge in [0.1, 0.15) is 12.0 Å². The first-order valence-corrected chi connectivity index (χ1v) is 8.95. The monoisotopic (exact) mass is 341 g/mol. The molecule has 2 heterocycles. The summed E-state index contributed by atoms with van der Waals surface area (Å²) in [6.07, 6.45) is 3.61. The van der Waals surface area contributed by atoms with E-state index in [1.165, 1.54) is 11.8 Å². The molecule has 1 aromatic heterocycles. The molecule has 0 aliphatic carbocycles. The van der Waals surface area contributed by atoms with Crippen molar-refractivity contribution in [1.29, 1.82) is 0 Å². The lowest BCUT2D eigenvalue weighted by molar-refractivity contribution is 0.0671. The maximum absolute atomic E-state index is 12.5. The normalized spacial score (nSPS) is 15.7. The summed E-state index contributed by atoms with van der Waals surface area (Å²) in [6.45, 7) is 3.98. The van der Waals surface area contributed by atoms with E-state index < -0.39 is 0 Å². The average molecular weight is 341 g/mol. The van der Waals surface area contributed by atoms with Gasteiger partial charge in [-0.15, -0.1) is 0 Å². The zero-order chi connectivity index (χ0) is 17.6. The van der Waals surface area contributed by atoms with Crippen LogP contribution in [0, 0.1) is 5.92 Å². The van der Waals surface area contributed by atoms with Crippen LogP contribution in [0.1, 0.15) is 34.5 Å². The number of hydrogen-bond donors (Lipinski definition) is 1. The number of rotatable bonds is 6. The van der Waals surface area contributed by atoms with Crippen molar-refractivity contribution >= 4 is 5.91 Å². The van der Waals surface area contributed by atoms with Gasteiger partial charge in [-0.25, -0.2) is 0 Å². The number of hydrogen-bond acceptors (Lipinski definition) is 4. The van der Waals surface area contributed by atoms with E-state index in [1.54, 1.807) is 6.07 Å². The molecule has 134 valence electrons. The Bertz CT molecular complexity index is 675. The van der Waals surface area contributed by atoms with Crippen molar-refractivity contribution in [3.8, 4) is 0 Å². The van der Waals surface area contributed by atoms with E-state index in [9.17, 15) is 4.79 Å². The van der Waals surface area contributed by atoms with Crippen molar-refractivity contribution in [2.75, 3.05) is 26.7 Å². The molecule has 2 N–H and O–H groups in total. The number of amides is 1.